The van der Waals surface area contributed by atoms with E-state index in [9.17, 15) is 0 Å². The molecule has 0 aromatic heterocycles. The van der Waals surface area contributed by atoms with Gasteiger partial charge >= 0.3 is 0 Å². The normalized spacial score (nSPS) is 28.8. The van der Waals surface area contributed by atoms with Crippen LogP contribution in [0, 0.1) is 22.7 Å². The molecule has 116 valence electrons. The molecule has 0 atom stereocenters. The molecule has 0 aromatic rings. The van der Waals surface area contributed by atoms with Crippen LogP contribution in [-0.2, 0) is 0 Å². The molecule has 0 radical (unpaired) electrons. The van der Waals surface area contributed by atoms with Crippen LogP contribution < -0.4 is 4.72 Å². The Labute approximate surface area is 130 Å². The van der Waals surface area contributed by atoms with Crippen molar-refractivity contribution in [2.75, 3.05) is 26.2 Å². The zero-order chi connectivity index (χ0) is 14.2. The lowest BCUT2D eigenvalue weighted by Gasteiger charge is -2.66. The van der Waals surface area contributed by atoms with Crippen LogP contribution in [-0.4, -0.2) is 31.1 Å². The van der Waals surface area contributed by atoms with Crippen molar-refractivity contribution in [3.8, 4) is 0 Å². The van der Waals surface area contributed by atoms with Crippen LogP contribution in [0.2, 0.25) is 0 Å². The largest absolute Gasteiger partial charge is 0.303 e. The minimum atomic E-state index is 0.764. The van der Waals surface area contributed by atoms with Crippen LogP contribution in [0.1, 0.15) is 58.8 Å². The molecule has 3 fully saturated rings. The zero-order valence-electron chi connectivity index (χ0n) is 13.3. The van der Waals surface area contributed by atoms with Gasteiger partial charge in [0, 0.05) is 13.1 Å². The second kappa shape index (κ2) is 5.81. The summed E-state index contributed by atoms with van der Waals surface area (Å²) in [6, 6.07) is 0. The number of nitrogens with zero attached hydrogens (tertiary/aromatic N) is 1. The molecule has 2 nitrogen and oxygen atoms in total. The topological polar surface area (TPSA) is 15.3 Å². The highest BCUT2D eigenvalue weighted by atomic mass is 32.1. The van der Waals surface area contributed by atoms with Crippen molar-refractivity contribution in [3.63, 3.8) is 0 Å². The molecule has 20 heavy (non-hydrogen) atoms. The Balaban J connectivity index is 1.39. The third-order valence-corrected chi connectivity index (χ3v) is 6.37. The van der Waals surface area contributed by atoms with E-state index in [1.165, 1.54) is 51.7 Å². The molecule has 1 saturated heterocycles. The van der Waals surface area contributed by atoms with Gasteiger partial charge in [-0.05, 0) is 80.7 Å². The predicted molar refractivity (Wildman–Crippen MR) is 88.9 cm³/mol. The molecule has 1 heterocycles. The molecule has 1 N–H and O–H groups in total. The van der Waals surface area contributed by atoms with Crippen LogP contribution >= 0.6 is 12.8 Å². The smallest absolute Gasteiger partial charge is 0.00588 e. The molecule has 3 rings (SSSR count). The maximum absolute atomic E-state index is 4.09. The summed E-state index contributed by atoms with van der Waals surface area (Å²) >= 11 is 4.09. The lowest BCUT2D eigenvalue weighted by atomic mass is 9.40. The first-order valence-electron chi connectivity index (χ1n) is 8.64. The van der Waals surface area contributed by atoms with Gasteiger partial charge in [0.2, 0.25) is 0 Å². The number of piperidine rings is 1. The van der Waals surface area contributed by atoms with E-state index in [4.69, 9.17) is 0 Å². The van der Waals surface area contributed by atoms with Gasteiger partial charge in [-0.3, -0.25) is 4.72 Å². The number of hydrogen-bond acceptors (Lipinski definition) is 3. The quantitative estimate of drug-likeness (QED) is 0.751. The second-order valence-corrected chi connectivity index (χ2v) is 8.84. The summed E-state index contributed by atoms with van der Waals surface area (Å²) in [5.74, 6) is 1.82. The van der Waals surface area contributed by atoms with Crippen LogP contribution in [0.4, 0.5) is 0 Å². The molecule has 1 aliphatic heterocycles. The minimum Gasteiger partial charge on any atom is -0.303 e. The first-order chi connectivity index (χ1) is 9.55. The van der Waals surface area contributed by atoms with E-state index in [1.807, 2.05) is 0 Å². The predicted octanol–water partition coefficient (Wildman–Crippen LogP) is 3.74. The van der Waals surface area contributed by atoms with Gasteiger partial charge in [-0.25, -0.2) is 0 Å². The van der Waals surface area contributed by atoms with E-state index in [1.54, 1.807) is 12.8 Å². The highest BCUT2D eigenvalue weighted by molar-refractivity contribution is 7.78. The fraction of sp³-hybridized carbons (Fsp3) is 1.00. The van der Waals surface area contributed by atoms with E-state index in [0.717, 1.165) is 29.2 Å². The van der Waals surface area contributed by atoms with Crippen molar-refractivity contribution in [2.45, 2.75) is 58.8 Å². The van der Waals surface area contributed by atoms with Crippen LogP contribution in [0.15, 0.2) is 0 Å². The number of likely N-dealkylation sites (tertiary alicyclic amines) is 1. The molecule has 0 bridgehead atoms. The lowest BCUT2D eigenvalue weighted by molar-refractivity contribution is -0.150. The molecule has 0 unspecified atom stereocenters. The maximum Gasteiger partial charge on any atom is 0.00588 e. The highest BCUT2D eigenvalue weighted by Crippen LogP contribution is 2.69. The summed E-state index contributed by atoms with van der Waals surface area (Å²) in [5, 5.41) is 0. The molecule has 0 aromatic carbocycles. The molecule has 2 saturated carbocycles. The summed E-state index contributed by atoms with van der Waals surface area (Å²) < 4.78 is 3.00. The first kappa shape index (κ1) is 15.2. The molecular weight excluding hydrogens is 264 g/mol. The SMILES string of the molecule is CC(C)CN1CCC2(CC1)CC1(CC(CCNS)C1)C2. The van der Waals surface area contributed by atoms with Gasteiger partial charge in [0.15, 0.2) is 0 Å². The summed E-state index contributed by atoms with van der Waals surface area (Å²) in [6.07, 6.45) is 10.4. The van der Waals surface area contributed by atoms with Crippen molar-refractivity contribution >= 4 is 12.8 Å². The molecule has 3 heteroatoms. The number of hydrogen-bond donors (Lipinski definition) is 2. The van der Waals surface area contributed by atoms with Gasteiger partial charge in [0.05, 0.1) is 0 Å². The van der Waals surface area contributed by atoms with Crippen molar-refractivity contribution in [3.05, 3.63) is 0 Å². The van der Waals surface area contributed by atoms with Crippen molar-refractivity contribution in [1.82, 2.24) is 9.62 Å². The number of nitrogens with one attached hydrogen (secondary N) is 1. The Bertz CT molecular complexity index is 318. The van der Waals surface area contributed by atoms with Gasteiger partial charge in [-0.2, -0.15) is 0 Å². The van der Waals surface area contributed by atoms with E-state index in [0.29, 0.717) is 0 Å². The Kier molecular flexibility index (Phi) is 4.41. The van der Waals surface area contributed by atoms with Gasteiger partial charge < -0.3 is 4.90 Å². The van der Waals surface area contributed by atoms with E-state index in [2.05, 4.69) is 36.3 Å². The van der Waals surface area contributed by atoms with Gasteiger partial charge in [-0.1, -0.05) is 26.7 Å². The van der Waals surface area contributed by atoms with E-state index >= 15 is 0 Å². The maximum atomic E-state index is 4.09. The van der Waals surface area contributed by atoms with Crippen molar-refractivity contribution in [1.29, 1.82) is 0 Å². The van der Waals surface area contributed by atoms with Crippen LogP contribution in [0.3, 0.4) is 0 Å². The number of thiol groups is 1. The Morgan fingerprint density at radius 1 is 1.15 bits per heavy atom. The summed E-state index contributed by atoms with van der Waals surface area (Å²) in [7, 11) is 0. The van der Waals surface area contributed by atoms with E-state index < -0.39 is 0 Å². The summed E-state index contributed by atoms with van der Waals surface area (Å²) in [6.45, 7) is 9.80. The Morgan fingerprint density at radius 3 is 2.35 bits per heavy atom. The minimum absolute atomic E-state index is 0.764. The molecule has 2 spiro atoms. The van der Waals surface area contributed by atoms with Gasteiger partial charge in [0.1, 0.15) is 0 Å². The van der Waals surface area contributed by atoms with Crippen molar-refractivity contribution < 1.29 is 0 Å². The summed E-state index contributed by atoms with van der Waals surface area (Å²) in [4.78, 5) is 2.70. The molecule has 0 amide bonds. The molecule has 2 aliphatic carbocycles. The van der Waals surface area contributed by atoms with E-state index in [-0.39, 0.29) is 0 Å². The third-order valence-electron chi connectivity index (χ3n) is 6.15. The zero-order valence-corrected chi connectivity index (χ0v) is 14.2. The average molecular weight is 297 g/mol. The monoisotopic (exact) mass is 296 g/mol. The molecule has 3 aliphatic rings. The lowest BCUT2D eigenvalue weighted by Crippen LogP contribution is -2.57. The van der Waals surface area contributed by atoms with Gasteiger partial charge in [0.25, 0.3) is 0 Å². The average Bonchev–Trinajstić information content (AvgIpc) is 2.32. The van der Waals surface area contributed by atoms with Crippen molar-refractivity contribution in [2.24, 2.45) is 22.7 Å². The second-order valence-electron chi connectivity index (χ2n) is 8.52. The third kappa shape index (κ3) is 3.05. The first-order valence-corrected chi connectivity index (χ1v) is 9.09. The standard InChI is InChI=1S/C17H32N2S/c1-14(2)11-19-7-4-16(5-8-19)12-17(13-16)9-15(10-17)3-6-18-20/h14-15,18,20H,3-13H2,1-2H3. The Morgan fingerprint density at radius 2 is 1.80 bits per heavy atom. The Hall–Kier alpha value is 0.270. The van der Waals surface area contributed by atoms with Crippen LogP contribution in [0.5, 0.6) is 0 Å². The molecular formula is C17H32N2S. The van der Waals surface area contributed by atoms with Gasteiger partial charge in [-0.15, -0.1) is 0 Å². The number of rotatable bonds is 5. The van der Waals surface area contributed by atoms with Crippen LogP contribution in [0.25, 0.3) is 0 Å². The fourth-order valence-electron chi connectivity index (χ4n) is 5.55. The summed E-state index contributed by atoms with van der Waals surface area (Å²) in [5.41, 5.74) is 1.56. The highest BCUT2D eigenvalue weighted by Gasteiger charge is 2.59. The fourth-order valence-corrected chi connectivity index (χ4v) is 5.67.